The number of rotatable bonds is 5. The summed E-state index contributed by atoms with van der Waals surface area (Å²) in [5.74, 6) is 0.428. The third-order valence-electron chi connectivity index (χ3n) is 6.65. The molecular weight excluding hydrogens is 515 g/mol. The lowest BCUT2D eigenvalue weighted by Gasteiger charge is -2.22. The molecule has 208 valence electrons. The van der Waals surface area contributed by atoms with Gasteiger partial charge in [-0.2, -0.15) is 15.5 Å². The molecule has 1 amide bonds. The number of nitrogens with one attached hydrogen (secondary N) is 1. The summed E-state index contributed by atoms with van der Waals surface area (Å²) in [6, 6.07) is 10.4. The Hall–Kier alpha value is -4.50. The molecule has 0 radical (unpaired) electrons. The van der Waals surface area contributed by atoms with E-state index in [1.807, 2.05) is 42.3 Å². The van der Waals surface area contributed by atoms with E-state index in [-0.39, 0.29) is 12.2 Å². The fourth-order valence-electron chi connectivity index (χ4n) is 4.78. The van der Waals surface area contributed by atoms with Gasteiger partial charge in [-0.15, -0.1) is 0 Å². The topological polar surface area (TPSA) is 134 Å². The number of carbonyl (C=O) groups is 1. The van der Waals surface area contributed by atoms with Gasteiger partial charge in [0.1, 0.15) is 17.8 Å². The maximum absolute atomic E-state index is 14.8. The van der Waals surface area contributed by atoms with Crippen molar-refractivity contribution in [2.45, 2.75) is 58.5 Å². The van der Waals surface area contributed by atoms with Crippen molar-refractivity contribution in [2.24, 2.45) is 0 Å². The number of nitrogens with zero attached hydrogens (tertiary/aromatic N) is 7. The number of halogens is 1. The zero-order chi connectivity index (χ0) is 28.8. The zero-order valence-electron chi connectivity index (χ0n) is 23.0. The number of anilines is 1. The molecule has 0 aromatic carbocycles. The van der Waals surface area contributed by atoms with Gasteiger partial charge in [0.05, 0.1) is 48.0 Å². The van der Waals surface area contributed by atoms with Crippen LogP contribution in [0.3, 0.4) is 0 Å². The highest BCUT2D eigenvalue weighted by Crippen LogP contribution is 2.30. The predicted molar refractivity (Wildman–Crippen MR) is 146 cm³/mol. The van der Waals surface area contributed by atoms with Crippen LogP contribution >= 0.6 is 0 Å². The third-order valence-corrected chi connectivity index (χ3v) is 6.65. The second-order valence-corrected chi connectivity index (χ2v) is 10.9. The van der Waals surface area contributed by atoms with Gasteiger partial charge in [-0.1, -0.05) is 6.07 Å². The molecule has 0 saturated carbocycles. The van der Waals surface area contributed by atoms with Crippen LogP contribution in [0.1, 0.15) is 50.8 Å². The number of alkyl halides is 1. The lowest BCUT2D eigenvalue weighted by molar-refractivity contribution is 0.0490. The minimum atomic E-state index is -1.25. The third kappa shape index (κ3) is 5.33. The van der Waals surface area contributed by atoms with Crippen LogP contribution < -0.4 is 10.2 Å². The van der Waals surface area contributed by atoms with Gasteiger partial charge in [-0.3, -0.25) is 0 Å². The quantitative estimate of drug-likeness (QED) is 0.385. The number of amides is 1. The van der Waals surface area contributed by atoms with Gasteiger partial charge in [0.25, 0.3) is 0 Å². The fraction of sp³-hybridized carbons (Fsp3) is 0.393. The van der Waals surface area contributed by atoms with E-state index < -0.39 is 30.0 Å². The highest BCUT2D eigenvalue weighted by molar-refractivity contribution is 5.79. The first-order chi connectivity index (χ1) is 18.9. The number of nitriles is 1. The largest absolute Gasteiger partial charge is 0.444 e. The van der Waals surface area contributed by atoms with E-state index in [1.165, 1.54) is 0 Å². The maximum Gasteiger partial charge on any atom is 0.408 e. The Morgan fingerprint density at radius 3 is 2.73 bits per heavy atom. The summed E-state index contributed by atoms with van der Waals surface area (Å²) in [5.41, 5.74) is 3.78. The van der Waals surface area contributed by atoms with E-state index >= 15 is 0 Å². The molecule has 1 saturated heterocycles. The molecule has 5 rings (SSSR count). The van der Waals surface area contributed by atoms with E-state index in [0.717, 1.165) is 16.8 Å². The van der Waals surface area contributed by atoms with E-state index in [9.17, 15) is 19.6 Å². The Labute approximate surface area is 230 Å². The molecule has 4 aromatic heterocycles. The molecular formula is C28H31FN8O3. The van der Waals surface area contributed by atoms with E-state index in [0.29, 0.717) is 29.3 Å². The van der Waals surface area contributed by atoms with Crippen LogP contribution in [0, 0.1) is 18.3 Å². The molecule has 3 atom stereocenters. The number of pyridine rings is 2. The molecule has 11 nitrogen and oxygen atoms in total. The highest BCUT2D eigenvalue weighted by Gasteiger charge is 2.35. The van der Waals surface area contributed by atoms with Gasteiger partial charge >= 0.3 is 6.09 Å². The summed E-state index contributed by atoms with van der Waals surface area (Å²) in [7, 11) is 0. The van der Waals surface area contributed by atoms with Gasteiger partial charge in [-0.25, -0.2) is 23.4 Å². The lowest BCUT2D eigenvalue weighted by atomic mass is 10.1. The number of aliphatic hydroxyl groups is 1. The Morgan fingerprint density at radius 1 is 1.27 bits per heavy atom. The predicted octanol–water partition coefficient (Wildman–Crippen LogP) is 3.87. The SMILES string of the molecule is Cc1cc(C#N)nn1-c1nc(-c2cnn3cc(N4CC(F)[C@@H](NC(=O)OC(C)(C)C)C4)ccc23)ccc1C(C)O. The number of aliphatic hydroxyl groups excluding tert-OH is 1. The van der Waals surface area contributed by atoms with Crippen molar-refractivity contribution in [2.75, 3.05) is 18.0 Å². The van der Waals surface area contributed by atoms with Gasteiger partial charge in [-0.05, 0) is 58.9 Å². The van der Waals surface area contributed by atoms with Gasteiger partial charge in [0.15, 0.2) is 11.5 Å². The normalized spacial score (nSPS) is 18.1. The summed E-state index contributed by atoms with van der Waals surface area (Å²) in [5, 5.41) is 31.1. The Morgan fingerprint density at radius 2 is 2.05 bits per heavy atom. The van der Waals surface area contributed by atoms with Crippen molar-refractivity contribution < 1.29 is 19.0 Å². The number of aryl methyl sites for hydroxylation is 1. The van der Waals surface area contributed by atoms with Crippen molar-refractivity contribution in [3.05, 3.63) is 59.7 Å². The molecule has 0 aliphatic carbocycles. The molecule has 12 heteroatoms. The Bertz CT molecular complexity index is 1610. The summed E-state index contributed by atoms with van der Waals surface area (Å²) in [6.45, 7) is 9.16. The van der Waals surface area contributed by atoms with Gasteiger partial charge in [0, 0.05) is 23.4 Å². The fourth-order valence-corrected chi connectivity index (χ4v) is 4.78. The Balaban J connectivity index is 1.42. The van der Waals surface area contributed by atoms with Crippen LogP contribution in [-0.2, 0) is 4.74 Å². The number of fused-ring (bicyclic) bond motifs is 1. The molecule has 1 aliphatic rings. The molecule has 0 spiro atoms. The number of alkyl carbamates (subject to hydrolysis) is 1. The average Bonchev–Trinajstić information content (AvgIpc) is 3.58. The zero-order valence-corrected chi connectivity index (χ0v) is 23.0. The van der Waals surface area contributed by atoms with E-state index in [2.05, 4.69) is 15.5 Å². The monoisotopic (exact) mass is 546 g/mol. The first-order valence-electron chi connectivity index (χ1n) is 13.0. The van der Waals surface area contributed by atoms with Crippen LogP contribution in [0.5, 0.6) is 0 Å². The molecule has 0 bridgehead atoms. The summed E-state index contributed by atoms with van der Waals surface area (Å²) in [6.07, 6.45) is 0.809. The number of aromatic nitrogens is 5. The van der Waals surface area contributed by atoms with Crippen molar-refractivity contribution in [1.82, 2.24) is 29.7 Å². The van der Waals surface area contributed by atoms with Crippen LogP contribution in [0.15, 0.2) is 42.7 Å². The van der Waals surface area contributed by atoms with Crippen molar-refractivity contribution in [3.63, 3.8) is 0 Å². The molecule has 5 heterocycles. The summed E-state index contributed by atoms with van der Waals surface area (Å²) < 4.78 is 23.3. The van der Waals surface area contributed by atoms with Gasteiger partial charge < -0.3 is 20.1 Å². The van der Waals surface area contributed by atoms with Crippen molar-refractivity contribution in [3.8, 4) is 23.1 Å². The minimum Gasteiger partial charge on any atom is -0.444 e. The van der Waals surface area contributed by atoms with Crippen LogP contribution in [0.25, 0.3) is 22.6 Å². The number of hydrogen-bond donors (Lipinski definition) is 2. The second kappa shape index (κ2) is 10.2. The maximum atomic E-state index is 14.8. The molecule has 4 aromatic rings. The number of carbonyl (C=O) groups excluding carboxylic acids is 1. The summed E-state index contributed by atoms with van der Waals surface area (Å²) >= 11 is 0. The number of ether oxygens (including phenoxy) is 1. The molecule has 1 aliphatic heterocycles. The standard InChI is InChI=1S/C28H31FN8O3/c1-16-10-18(11-30)34-37(16)26-20(17(2)38)7-8-23(32-26)21-12-31-36-13-19(6-9-25(21)36)35-14-22(29)24(15-35)33-27(39)40-28(3,4)5/h6-10,12-13,17,22,24,38H,14-15H2,1-5H3,(H,33,39)/t17?,22?,24-/m0/s1. The summed E-state index contributed by atoms with van der Waals surface area (Å²) in [4.78, 5) is 18.8. The smallest absolute Gasteiger partial charge is 0.408 e. The molecule has 2 unspecified atom stereocenters. The van der Waals surface area contributed by atoms with Crippen LogP contribution in [-0.4, -0.2) is 66.5 Å². The van der Waals surface area contributed by atoms with Crippen molar-refractivity contribution >= 4 is 17.3 Å². The first-order valence-corrected chi connectivity index (χ1v) is 13.0. The van der Waals surface area contributed by atoms with Crippen LogP contribution in [0.4, 0.5) is 14.9 Å². The minimum absolute atomic E-state index is 0.125. The van der Waals surface area contributed by atoms with Crippen molar-refractivity contribution in [1.29, 1.82) is 5.26 Å². The molecule has 2 N–H and O–H groups in total. The van der Waals surface area contributed by atoms with Gasteiger partial charge in [0.2, 0.25) is 0 Å². The first kappa shape index (κ1) is 27.1. The Kier molecular flexibility index (Phi) is 6.93. The highest BCUT2D eigenvalue weighted by atomic mass is 19.1. The molecule has 40 heavy (non-hydrogen) atoms. The second-order valence-electron chi connectivity index (χ2n) is 10.9. The lowest BCUT2D eigenvalue weighted by Crippen LogP contribution is -2.44. The van der Waals surface area contributed by atoms with E-state index in [1.54, 1.807) is 55.2 Å². The molecule has 1 fully saturated rings. The van der Waals surface area contributed by atoms with E-state index in [4.69, 9.17) is 9.72 Å². The van der Waals surface area contributed by atoms with Crippen LogP contribution in [0.2, 0.25) is 0 Å². The average molecular weight is 547 g/mol. The number of hydrogen-bond acceptors (Lipinski definition) is 8.